The number of ketones is 1. The molecule has 0 amide bonds. The van der Waals surface area contributed by atoms with Gasteiger partial charge in [0, 0.05) is 26.2 Å². The maximum atomic E-state index is 13.0. The second-order valence-corrected chi connectivity index (χ2v) is 8.08. The molecule has 1 aliphatic rings. The Balaban J connectivity index is 0.000000469. The van der Waals surface area contributed by atoms with Gasteiger partial charge in [0.2, 0.25) is 15.8 Å². The lowest BCUT2D eigenvalue weighted by Crippen LogP contribution is -2.49. The molecule has 2 N–H and O–H groups in total. The number of carboxylic acids is 2. The van der Waals surface area contributed by atoms with Gasteiger partial charge in [-0.2, -0.15) is 4.31 Å². The summed E-state index contributed by atoms with van der Waals surface area (Å²) in [5, 5.41) is 14.8. The zero-order valence-corrected chi connectivity index (χ0v) is 16.4. The fourth-order valence-electron chi connectivity index (χ4n) is 2.60. The summed E-state index contributed by atoms with van der Waals surface area (Å²) in [7, 11) is -3.64. The molecule has 0 unspecified atom stereocenters. The molecule has 12 heteroatoms. The third-order valence-corrected chi connectivity index (χ3v) is 6.04. The number of nitrogens with zero attached hydrogens (tertiary/aromatic N) is 2. The van der Waals surface area contributed by atoms with Gasteiger partial charge < -0.3 is 14.6 Å². The minimum absolute atomic E-state index is 0.0732. The van der Waals surface area contributed by atoms with Crippen LogP contribution in [0.25, 0.3) is 0 Å². The average Bonchev–Trinajstić information content (AvgIpc) is 3.24. The second kappa shape index (κ2) is 10.1. The van der Waals surface area contributed by atoms with Crippen molar-refractivity contribution in [2.75, 3.05) is 32.7 Å². The quantitative estimate of drug-likeness (QED) is 0.506. The predicted octanol–water partition coefficient (Wildman–Crippen LogP) is 0.763. The van der Waals surface area contributed by atoms with Crippen molar-refractivity contribution in [3.63, 3.8) is 0 Å². The van der Waals surface area contributed by atoms with E-state index < -0.39 is 27.8 Å². The number of Topliss-reactive ketones (excluding diaryl/α,β-unsaturated/α-hetero) is 1. The van der Waals surface area contributed by atoms with Crippen LogP contribution in [0.1, 0.15) is 10.6 Å². The lowest BCUT2D eigenvalue weighted by Gasteiger charge is -2.33. The van der Waals surface area contributed by atoms with Crippen LogP contribution >= 0.6 is 0 Å². The molecule has 0 spiro atoms. The molecule has 2 heterocycles. The molecule has 2 aromatic rings. The first-order valence-corrected chi connectivity index (χ1v) is 10.1. The fourth-order valence-corrected chi connectivity index (χ4v) is 4.02. The Labute approximate surface area is 171 Å². The lowest BCUT2D eigenvalue weighted by atomic mass is 10.2. The molecular weight excluding hydrogens is 423 g/mol. The number of halogens is 1. The lowest BCUT2D eigenvalue weighted by molar-refractivity contribution is -0.159. The van der Waals surface area contributed by atoms with E-state index in [-0.39, 0.29) is 30.3 Å². The van der Waals surface area contributed by atoms with Crippen molar-refractivity contribution >= 4 is 27.7 Å². The van der Waals surface area contributed by atoms with E-state index in [2.05, 4.69) is 0 Å². The summed E-state index contributed by atoms with van der Waals surface area (Å²) < 4.78 is 44.4. The van der Waals surface area contributed by atoms with E-state index in [1.807, 2.05) is 4.90 Å². The van der Waals surface area contributed by atoms with Crippen LogP contribution in [-0.2, 0) is 19.6 Å². The van der Waals surface area contributed by atoms with Gasteiger partial charge in [0.1, 0.15) is 5.82 Å². The number of furan rings is 1. The predicted molar refractivity (Wildman–Crippen MR) is 99.9 cm³/mol. The Morgan fingerprint density at radius 2 is 1.53 bits per heavy atom. The summed E-state index contributed by atoms with van der Waals surface area (Å²) in [4.78, 5) is 32.2. The molecule has 1 fully saturated rings. The maximum absolute atomic E-state index is 13.0. The van der Waals surface area contributed by atoms with Crippen LogP contribution in [0, 0.1) is 5.82 Å². The Morgan fingerprint density at radius 3 is 2.00 bits per heavy atom. The van der Waals surface area contributed by atoms with Gasteiger partial charge in [0.25, 0.3) is 0 Å². The minimum atomic E-state index is -3.64. The van der Waals surface area contributed by atoms with Crippen molar-refractivity contribution in [3.05, 3.63) is 54.2 Å². The van der Waals surface area contributed by atoms with E-state index in [0.717, 1.165) is 12.1 Å². The zero-order valence-electron chi connectivity index (χ0n) is 15.6. The maximum Gasteiger partial charge on any atom is 0.414 e. The number of piperazine rings is 1. The summed E-state index contributed by atoms with van der Waals surface area (Å²) in [6.07, 6.45) is 1.44. The van der Waals surface area contributed by atoms with Crippen LogP contribution in [0.3, 0.4) is 0 Å². The van der Waals surface area contributed by atoms with Crippen LogP contribution in [0.5, 0.6) is 0 Å². The average molecular weight is 442 g/mol. The second-order valence-electron chi connectivity index (χ2n) is 6.14. The Hall–Kier alpha value is -3.09. The van der Waals surface area contributed by atoms with Gasteiger partial charge in [-0.3, -0.25) is 9.69 Å². The van der Waals surface area contributed by atoms with Gasteiger partial charge in [-0.05, 0) is 36.4 Å². The van der Waals surface area contributed by atoms with E-state index in [1.165, 1.54) is 22.7 Å². The third kappa shape index (κ3) is 6.20. The normalized spacial score (nSPS) is 15.1. The third-order valence-electron chi connectivity index (χ3n) is 4.13. The van der Waals surface area contributed by atoms with Gasteiger partial charge in [0.15, 0.2) is 5.76 Å². The van der Waals surface area contributed by atoms with Gasteiger partial charge in [-0.1, -0.05) is 0 Å². The summed E-state index contributed by atoms with van der Waals surface area (Å²) >= 11 is 0. The molecule has 1 aliphatic heterocycles. The van der Waals surface area contributed by atoms with E-state index in [1.54, 1.807) is 12.1 Å². The van der Waals surface area contributed by atoms with Gasteiger partial charge in [-0.15, -0.1) is 0 Å². The van der Waals surface area contributed by atoms with Crippen molar-refractivity contribution in [3.8, 4) is 0 Å². The molecule has 1 saturated heterocycles. The largest absolute Gasteiger partial charge is 0.473 e. The summed E-state index contributed by atoms with van der Waals surface area (Å²) in [6, 6.07) is 8.04. The molecule has 10 nitrogen and oxygen atoms in total. The Morgan fingerprint density at radius 1 is 0.967 bits per heavy atom. The number of hydrogen-bond donors (Lipinski definition) is 2. The van der Waals surface area contributed by atoms with Crippen LogP contribution in [0.4, 0.5) is 4.39 Å². The molecular formula is C18H19FN2O8S. The van der Waals surface area contributed by atoms with E-state index in [9.17, 15) is 17.6 Å². The van der Waals surface area contributed by atoms with E-state index >= 15 is 0 Å². The molecule has 3 rings (SSSR count). The number of hydrogen-bond acceptors (Lipinski definition) is 7. The number of carboxylic acid groups (broad SMARTS) is 2. The van der Waals surface area contributed by atoms with Crippen molar-refractivity contribution in [2.24, 2.45) is 0 Å². The number of sulfonamides is 1. The highest BCUT2D eigenvalue weighted by atomic mass is 32.2. The van der Waals surface area contributed by atoms with E-state index in [0.29, 0.717) is 18.8 Å². The van der Waals surface area contributed by atoms with Crippen LogP contribution in [-0.4, -0.2) is 78.3 Å². The summed E-state index contributed by atoms with van der Waals surface area (Å²) in [5.74, 6) is -3.95. The molecule has 162 valence electrons. The first-order valence-electron chi connectivity index (χ1n) is 8.62. The molecule has 30 heavy (non-hydrogen) atoms. The number of aliphatic carboxylic acids is 2. The monoisotopic (exact) mass is 442 g/mol. The van der Waals surface area contributed by atoms with Crippen LogP contribution in [0.2, 0.25) is 0 Å². The molecule has 1 aromatic heterocycles. The Bertz CT molecular complexity index is 970. The highest BCUT2D eigenvalue weighted by molar-refractivity contribution is 7.89. The first-order chi connectivity index (χ1) is 14.1. The van der Waals surface area contributed by atoms with Crippen molar-refractivity contribution in [1.29, 1.82) is 0 Å². The summed E-state index contributed by atoms with van der Waals surface area (Å²) in [6.45, 7) is 1.66. The molecule has 0 aliphatic carbocycles. The number of carbonyl (C=O) groups excluding carboxylic acids is 1. The fraction of sp³-hybridized carbons (Fsp3) is 0.278. The standard InChI is InChI=1S/C16H17FN2O4S.C2H2O4/c17-13-3-5-14(6-4-13)24(21,22)19-9-7-18(8-10-19)12-15(20)16-2-1-11-23-16;3-1(4)2(5)6/h1-6,11H,7-10,12H2;(H,3,4)(H,5,6). The van der Waals surface area contributed by atoms with Crippen molar-refractivity contribution in [1.82, 2.24) is 9.21 Å². The van der Waals surface area contributed by atoms with E-state index in [4.69, 9.17) is 24.2 Å². The number of rotatable bonds is 5. The zero-order chi connectivity index (χ0) is 22.3. The molecule has 0 radical (unpaired) electrons. The van der Waals surface area contributed by atoms with Gasteiger partial charge in [0.05, 0.1) is 17.7 Å². The topological polar surface area (TPSA) is 145 Å². The molecule has 0 atom stereocenters. The number of carbonyl (C=O) groups is 3. The van der Waals surface area contributed by atoms with Gasteiger partial charge in [-0.25, -0.2) is 22.4 Å². The van der Waals surface area contributed by atoms with Crippen LogP contribution < -0.4 is 0 Å². The SMILES string of the molecule is O=C(CN1CCN(S(=O)(=O)c2ccc(F)cc2)CC1)c1ccco1.O=C(O)C(=O)O. The minimum Gasteiger partial charge on any atom is -0.473 e. The summed E-state index contributed by atoms with van der Waals surface area (Å²) in [5.41, 5.74) is 0. The highest BCUT2D eigenvalue weighted by Crippen LogP contribution is 2.18. The van der Waals surface area contributed by atoms with Gasteiger partial charge >= 0.3 is 11.9 Å². The number of benzene rings is 1. The van der Waals surface area contributed by atoms with Crippen molar-refractivity contribution < 1.29 is 41.8 Å². The smallest absolute Gasteiger partial charge is 0.414 e. The van der Waals surface area contributed by atoms with Crippen LogP contribution in [0.15, 0.2) is 52.0 Å². The molecule has 0 saturated carbocycles. The molecule has 0 bridgehead atoms. The highest BCUT2D eigenvalue weighted by Gasteiger charge is 2.29. The molecule has 1 aromatic carbocycles. The van der Waals surface area contributed by atoms with Crippen molar-refractivity contribution in [2.45, 2.75) is 4.90 Å². The first kappa shape index (κ1) is 23.2. The Kier molecular flexibility index (Phi) is 7.80.